The van der Waals surface area contributed by atoms with E-state index < -0.39 is 0 Å². The largest absolute Gasteiger partial charge is 0.485 e. The molecule has 112 valence electrons. The van der Waals surface area contributed by atoms with E-state index in [1.165, 1.54) is 0 Å². The van der Waals surface area contributed by atoms with Gasteiger partial charge in [0.25, 0.3) is 0 Å². The minimum Gasteiger partial charge on any atom is -0.485 e. The van der Waals surface area contributed by atoms with Gasteiger partial charge in [-0.3, -0.25) is 0 Å². The van der Waals surface area contributed by atoms with Crippen molar-refractivity contribution < 1.29 is 18.7 Å². The molecule has 1 aliphatic rings. The van der Waals surface area contributed by atoms with Crippen molar-refractivity contribution in [2.75, 3.05) is 13.8 Å². The monoisotopic (exact) mass is 291 g/mol. The molecule has 0 saturated heterocycles. The van der Waals surface area contributed by atoms with Gasteiger partial charge in [-0.15, -0.1) is 0 Å². The van der Waals surface area contributed by atoms with Gasteiger partial charge >= 0.3 is 0 Å². The van der Waals surface area contributed by atoms with Gasteiger partial charge in [0.05, 0.1) is 0 Å². The summed E-state index contributed by atoms with van der Waals surface area (Å²) in [6.07, 6.45) is 0.710. The zero-order valence-electron chi connectivity index (χ0n) is 12.0. The molecule has 0 amide bonds. The zero-order chi connectivity index (χ0) is 14.7. The predicted octanol–water partition coefficient (Wildman–Crippen LogP) is 1.66. The number of fused-ring (bicyclic) bond motifs is 1. The fourth-order valence-electron chi connectivity index (χ4n) is 2.06. The fraction of sp³-hybridized carbons (Fsp3) is 0.429. The molecular formula is C14H17N3O4. The van der Waals surface area contributed by atoms with Gasteiger partial charge < -0.3 is 24.1 Å². The topological polar surface area (TPSA) is 78.6 Å². The van der Waals surface area contributed by atoms with E-state index in [-0.39, 0.29) is 13.4 Å². The van der Waals surface area contributed by atoms with E-state index in [1.54, 1.807) is 0 Å². The van der Waals surface area contributed by atoms with Crippen molar-refractivity contribution >= 4 is 0 Å². The van der Waals surface area contributed by atoms with Gasteiger partial charge in [0, 0.05) is 24.6 Å². The number of ether oxygens (including phenoxy) is 3. The molecule has 2 aromatic rings. The van der Waals surface area contributed by atoms with Crippen molar-refractivity contribution in [1.29, 1.82) is 0 Å². The SMILES string of the molecule is CCc1nc(COc2cc3c(cc2CNC)OCO3)no1. The number of hydrogen-bond acceptors (Lipinski definition) is 7. The summed E-state index contributed by atoms with van der Waals surface area (Å²) in [7, 11) is 1.88. The third-order valence-electron chi connectivity index (χ3n) is 3.09. The van der Waals surface area contributed by atoms with Crippen LogP contribution in [0.2, 0.25) is 0 Å². The Labute approximate surface area is 122 Å². The molecule has 7 heteroatoms. The van der Waals surface area contributed by atoms with Gasteiger partial charge in [0.15, 0.2) is 18.1 Å². The molecule has 1 aromatic heterocycles. The van der Waals surface area contributed by atoms with Gasteiger partial charge in [-0.25, -0.2) is 0 Å². The van der Waals surface area contributed by atoms with Crippen LogP contribution < -0.4 is 19.5 Å². The molecule has 0 atom stereocenters. The van der Waals surface area contributed by atoms with Gasteiger partial charge in [0.1, 0.15) is 5.75 Å². The van der Waals surface area contributed by atoms with Crippen molar-refractivity contribution in [3.63, 3.8) is 0 Å². The van der Waals surface area contributed by atoms with Crippen LogP contribution in [0.3, 0.4) is 0 Å². The van der Waals surface area contributed by atoms with E-state index >= 15 is 0 Å². The average Bonchev–Trinajstić information content (AvgIpc) is 3.13. The summed E-state index contributed by atoms with van der Waals surface area (Å²) in [6, 6.07) is 3.75. The molecule has 1 aromatic carbocycles. The Balaban J connectivity index is 1.77. The first-order chi connectivity index (χ1) is 10.3. The second-order valence-electron chi connectivity index (χ2n) is 4.59. The molecule has 21 heavy (non-hydrogen) atoms. The Bertz CT molecular complexity index is 627. The molecule has 2 heterocycles. The normalized spacial score (nSPS) is 12.7. The Hall–Kier alpha value is -2.28. The molecule has 7 nitrogen and oxygen atoms in total. The Morgan fingerprint density at radius 3 is 2.81 bits per heavy atom. The molecule has 0 bridgehead atoms. The molecule has 0 unspecified atom stereocenters. The third kappa shape index (κ3) is 2.92. The summed E-state index contributed by atoms with van der Waals surface area (Å²) in [5, 5.41) is 6.97. The van der Waals surface area contributed by atoms with Crippen molar-refractivity contribution in [2.45, 2.75) is 26.5 Å². The number of nitrogens with one attached hydrogen (secondary N) is 1. The average molecular weight is 291 g/mol. The van der Waals surface area contributed by atoms with Gasteiger partial charge in [-0.2, -0.15) is 4.98 Å². The van der Waals surface area contributed by atoms with E-state index in [1.807, 2.05) is 26.1 Å². The molecule has 3 rings (SSSR count). The highest BCUT2D eigenvalue weighted by Crippen LogP contribution is 2.38. The molecule has 0 saturated carbocycles. The number of rotatable bonds is 6. The Morgan fingerprint density at radius 1 is 1.29 bits per heavy atom. The van der Waals surface area contributed by atoms with Crippen molar-refractivity contribution in [1.82, 2.24) is 15.5 Å². The molecule has 0 aliphatic carbocycles. The van der Waals surface area contributed by atoms with Gasteiger partial charge in [0.2, 0.25) is 18.5 Å². The first-order valence-electron chi connectivity index (χ1n) is 6.81. The highest BCUT2D eigenvalue weighted by Gasteiger charge is 2.18. The summed E-state index contributed by atoms with van der Waals surface area (Å²) < 4.78 is 21.6. The Morgan fingerprint density at radius 2 is 2.10 bits per heavy atom. The lowest BCUT2D eigenvalue weighted by Crippen LogP contribution is -2.08. The standard InChI is InChI=1S/C14H17N3O4/c1-3-14-16-13(17-21-14)7-18-10-5-12-11(19-8-20-12)4-9(10)6-15-2/h4-5,15H,3,6-8H2,1-2H3. The zero-order valence-corrected chi connectivity index (χ0v) is 12.0. The lowest BCUT2D eigenvalue weighted by atomic mass is 10.1. The van der Waals surface area contributed by atoms with E-state index in [4.69, 9.17) is 18.7 Å². The van der Waals surface area contributed by atoms with Crippen LogP contribution >= 0.6 is 0 Å². The van der Waals surface area contributed by atoms with Crippen LogP contribution in [-0.4, -0.2) is 24.0 Å². The number of benzene rings is 1. The van der Waals surface area contributed by atoms with E-state index in [0.29, 0.717) is 30.4 Å². The van der Waals surface area contributed by atoms with Crippen LogP contribution in [0.15, 0.2) is 16.7 Å². The molecule has 0 radical (unpaired) electrons. The number of nitrogens with zero attached hydrogens (tertiary/aromatic N) is 2. The third-order valence-corrected chi connectivity index (χ3v) is 3.09. The lowest BCUT2D eigenvalue weighted by Gasteiger charge is -2.11. The summed E-state index contributed by atoms with van der Waals surface area (Å²) in [6.45, 7) is 3.11. The highest BCUT2D eigenvalue weighted by molar-refractivity contribution is 5.51. The maximum Gasteiger partial charge on any atom is 0.231 e. The first-order valence-corrected chi connectivity index (χ1v) is 6.81. The highest BCUT2D eigenvalue weighted by atomic mass is 16.7. The van der Waals surface area contributed by atoms with Crippen LogP contribution in [0.5, 0.6) is 17.2 Å². The van der Waals surface area contributed by atoms with Crippen LogP contribution in [0.1, 0.15) is 24.2 Å². The molecular weight excluding hydrogens is 274 g/mol. The van der Waals surface area contributed by atoms with Crippen LogP contribution in [0.25, 0.3) is 0 Å². The maximum atomic E-state index is 5.80. The lowest BCUT2D eigenvalue weighted by molar-refractivity contribution is 0.173. The molecule has 0 spiro atoms. The van der Waals surface area contributed by atoms with Crippen LogP contribution in [-0.2, 0) is 19.6 Å². The first kappa shape index (κ1) is 13.7. The molecule has 1 aliphatic heterocycles. The van der Waals surface area contributed by atoms with E-state index in [0.717, 1.165) is 17.1 Å². The number of aryl methyl sites for hydroxylation is 1. The fourth-order valence-corrected chi connectivity index (χ4v) is 2.06. The van der Waals surface area contributed by atoms with E-state index in [2.05, 4.69) is 15.5 Å². The maximum absolute atomic E-state index is 5.80. The van der Waals surface area contributed by atoms with Crippen molar-refractivity contribution in [2.24, 2.45) is 0 Å². The number of aromatic nitrogens is 2. The van der Waals surface area contributed by atoms with Gasteiger partial charge in [-0.1, -0.05) is 12.1 Å². The number of hydrogen-bond donors (Lipinski definition) is 1. The summed E-state index contributed by atoms with van der Waals surface area (Å²) >= 11 is 0. The molecule has 1 N–H and O–H groups in total. The van der Waals surface area contributed by atoms with Crippen LogP contribution in [0, 0.1) is 0 Å². The predicted molar refractivity (Wildman–Crippen MR) is 73.3 cm³/mol. The summed E-state index contributed by atoms with van der Waals surface area (Å²) in [4.78, 5) is 4.22. The quantitative estimate of drug-likeness (QED) is 0.867. The van der Waals surface area contributed by atoms with Crippen molar-refractivity contribution in [3.05, 3.63) is 29.4 Å². The minimum atomic E-state index is 0.239. The smallest absolute Gasteiger partial charge is 0.231 e. The van der Waals surface area contributed by atoms with Crippen molar-refractivity contribution in [3.8, 4) is 17.2 Å². The van der Waals surface area contributed by atoms with E-state index in [9.17, 15) is 0 Å². The summed E-state index contributed by atoms with van der Waals surface area (Å²) in [5.74, 6) is 3.28. The minimum absolute atomic E-state index is 0.239. The summed E-state index contributed by atoms with van der Waals surface area (Å²) in [5.41, 5.74) is 0.987. The second kappa shape index (κ2) is 6.01. The molecule has 0 fully saturated rings. The second-order valence-corrected chi connectivity index (χ2v) is 4.59. The van der Waals surface area contributed by atoms with Gasteiger partial charge in [-0.05, 0) is 13.1 Å². The van der Waals surface area contributed by atoms with Crippen LogP contribution in [0.4, 0.5) is 0 Å². The Kier molecular flexibility index (Phi) is 3.92.